The molecule has 86 valence electrons. The lowest BCUT2D eigenvalue weighted by Crippen LogP contribution is -2.13. The normalized spacial score (nSPS) is 11.7. The Hall–Kier alpha value is -0.770. The molecule has 1 aromatic carbocycles. The number of benzene rings is 1. The van der Waals surface area contributed by atoms with E-state index in [1.165, 1.54) is 0 Å². The van der Waals surface area contributed by atoms with E-state index in [0.29, 0.717) is 6.42 Å². The van der Waals surface area contributed by atoms with Crippen molar-refractivity contribution in [1.82, 2.24) is 0 Å². The van der Waals surface area contributed by atoms with Crippen LogP contribution in [0, 0.1) is 6.92 Å². The Bertz CT molecular complexity index is 305. The second-order valence-corrected chi connectivity index (χ2v) is 3.34. The van der Waals surface area contributed by atoms with Crippen molar-refractivity contribution in [2.24, 2.45) is 5.73 Å². The van der Waals surface area contributed by atoms with E-state index in [1.54, 1.807) is 7.11 Å². The van der Waals surface area contributed by atoms with E-state index in [0.717, 1.165) is 16.9 Å². The molecule has 0 amide bonds. The lowest BCUT2D eigenvalue weighted by molar-refractivity contribution is 0.276. The minimum atomic E-state index is -0.0918. The van der Waals surface area contributed by atoms with Gasteiger partial charge in [0.2, 0.25) is 0 Å². The molecule has 0 saturated heterocycles. The first-order chi connectivity index (χ1) is 6.69. The van der Waals surface area contributed by atoms with Crippen LogP contribution in [-0.2, 0) is 0 Å². The first-order valence-electron chi connectivity index (χ1n) is 4.70. The minimum Gasteiger partial charge on any atom is -0.497 e. The van der Waals surface area contributed by atoms with Gasteiger partial charge in [0.05, 0.1) is 7.11 Å². The molecule has 0 aliphatic rings. The van der Waals surface area contributed by atoms with E-state index >= 15 is 0 Å². The van der Waals surface area contributed by atoms with Crippen molar-refractivity contribution in [3.63, 3.8) is 0 Å². The van der Waals surface area contributed by atoms with Crippen LogP contribution < -0.4 is 10.5 Å². The van der Waals surface area contributed by atoms with Crippen LogP contribution in [0.25, 0.3) is 0 Å². The number of methoxy groups -OCH3 is 1. The number of hydrogen-bond donors (Lipinski definition) is 2. The summed E-state index contributed by atoms with van der Waals surface area (Å²) < 4.78 is 5.10. The van der Waals surface area contributed by atoms with Crippen LogP contribution in [0.15, 0.2) is 18.2 Å². The Morgan fingerprint density at radius 3 is 2.60 bits per heavy atom. The van der Waals surface area contributed by atoms with Crippen molar-refractivity contribution in [2.45, 2.75) is 19.4 Å². The Balaban J connectivity index is 0.00000196. The van der Waals surface area contributed by atoms with Crippen LogP contribution in [0.1, 0.15) is 23.6 Å². The molecule has 1 atom stereocenters. The SMILES string of the molecule is COc1ccc([C@H](N)CCO)c(C)c1.Cl. The Kier molecular flexibility index (Phi) is 6.32. The second-order valence-electron chi connectivity index (χ2n) is 3.34. The third kappa shape index (κ3) is 3.70. The highest BCUT2D eigenvalue weighted by molar-refractivity contribution is 5.85. The third-order valence-corrected chi connectivity index (χ3v) is 2.32. The van der Waals surface area contributed by atoms with Gasteiger partial charge in [-0.3, -0.25) is 0 Å². The number of rotatable bonds is 4. The average molecular weight is 232 g/mol. The van der Waals surface area contributed by atoms with Gasteiger partial charge in [0, 0.05) is 12.6 Å². The van der Waals surface area contributed by atoms with Crippen molar-refractivity contribution in [2.75, 3.05) is 13.7 Å². The summed E-state index contributed by atoms with van der Waals surface area (Å²) >= 11 is 0. The summed E-state index contributed by atoms with van der Waals surface area (Å²) in [6.45, 7) is 2.11. The van der Waals surface area contributed by atoms with Crippen molar-refractivity contribution >= 4 is 12.4 Å². The Morgan fingerprint density at radius 1 is 1.47 bits per heavy atom. The number of nitrogens with two attached hydrogens (primary N) is 1. The highest BCUT2D eigenvalue weighted by Gasteiger charge is 2.08. The quantitative estimate of drug-likeness (QED) is 0.831. The van der Waals surface area contributed by atoms with Crippen molar-refractivity contribution < 1.29 is 9.84 Å². The number of ether oxygens (including phenoxy) is 1. The molecule has 0 heterocycles. The van der Waals surface area contributed by atoms with E-state index in [1.807, 2.05) is 25.1 Å². The second kappa shape index (κ2) is 6.67. The molecule has 0 unspecified atom stereocenters. The van der Waals surface area contributed by atoms with E-state index in [4.69, 9.17) is 15.6 Å². The van der Waals surface area contributed by atoms with Gasteiger partial charge in [-0.15, -0.1) is 12.4 Å². The van der Waals surface area contributed by atoms with Gasteiger partial charge in [-0.1, -0.05) is 6.07 Å². The summed E-state index contributed by atoms with van der Waals surface area (Å²) in [6, 6.07) is 5.70. The molecule has 0 aliphatic heterocycles. The third-order valence-electron chi connectivity index (χ3n) is 2.32. The van der Waals surface area contributed by atoms with Gasteiger partial charge >= 0.3 is 0 Å². The summed E-state index contributed by atoms with van der Waals surface area (Å²) in [4.78, 5) is 0. The van der Waals surface area contributed by atoms with Gasteiger partial charge in [0.1, 0.15) is 5.75 Å². The van der Waals surface area contributed by atoms with Crippen LogP contribution in [0.5, 0.6) is 5.75 Å². The molecule has 1 aromatic rings. The highest BCUT2D eigenvalue weighted by Crippen LogP contribution is 2.22. The monoisotopic (exact) mass is 231 g/mol. The summed E-state index contributed by atoms with van der Waals surface area (Å²) in [7, 11) is 1.64. The molecule has 0 radical (unpaired) electrons. The smallest absolute Gasteiger partial charge is 0.119 e. The zero-order valence-corrected chi connectivity index (χ0v) is 9.88. The van der Waals surface area contributed by atoms with Gasteiger partial charge in [-0.25, -0.2) is 0 Å². The maximum atomic E-state index is 8.78. The van der Waals surface area contributed by atoms with Crippen LogP contribution in [0.3, 0.4) is 0 Å². The van der Waals surface area contributed by atoms with Crippen molar-refractivity contribution in [3.05, 3.63) is 29.3 Å². The fraction of sp³-hybridized carbons (Fsp3) is 0.455. The largest absolute Gasteiger partial charge is 0.497 e. The minimum absolute atomic E-state index is 0. The number of halogens is 1. The molecule has 15 heavy (non-hydrogen) atoms. The number of aliphatic hydroxyl groups is 1. The molecule has 0 fully saturated rings. The van der Waals surface area contributed by atoms with Gasteiger partial charge in [-0.2, -0.15) is 0 Å². The summed E-state index contributed by atoms with van der Waals surface area (Å²) in [6.07, 6.45) is 0.590. The maximum absolute atomic E-state index is 8.78. The zero-order chi connectivity index (χ0) is 10.6. The fourth-order valence-electron chi connectivity index (χ4n) is 1.49. The number of hydrogen-bond acceptors (Lipinski definition) is 3. The molecule has 3 N–H and O–H groups in total. The lowest BCUT2D eigenvalue weighted by atomic mass is 9.99. The lowest BCUT2D eigenvalue weighted by Gasteiger charge is -2.14. The zero-order valence-electron chi connectivity index (χ0n) is 9.06. The summed E-state index contributed by atoms with van der Waals surface area (Å²) in [5.41, 5.74) is 8.07. The van der Waals surface area contributed by atoms with Crippen molar-refractivity contribution in [3.8, 4) is 5.75 Å². The van der Waals surface area contributed by atoms with Crippen LogP contribution in [0.4, 0.5) is 0 Å². The van der Waals surface area contributed by atoms with Crippen LogP contribution in [-0.4, -0.2) is 18.8 Å². The van der Waals surface area contributed by atoms with Gasteiger partial charge in [-0.05, 0) is 36.6 Å². The number of aryl methyl sites for hydroxylation is 1. The first kappa shape index (κ1) is 14.2. The van der Waals surface area contributed by atoms with E-state index in [9.17, 15) is 0 Å². The van der Waals surface area contributed by atoms with Gasteiger partial charge in [0.15, 0.2) is 0 Å². The molecule has 0 saturated carbocycles. The highest BCUT2D eigenvalue weighted by atomic mass is 35.5. The maximum Gasteiger partial charge on any atom is 0.119 e. The summed E-state index contributed by atoms with van der Waals surface area (Å²) in [5, 5.41) is 8.78. The topological polar surface area (TPSA) is 55.5 Å². The van der Waals surface area contributed by atoms with E-state index in [-0.39, 0.29) is 25.1 Å². The molecule has 3 nitrogen and oxygen atoms in total. The van der Waals surface area contributed by atoms with Gasteiger partial charge < -0.3 is 15.6 Å². The Morgan fingerprint density at radius 2 is 2.13 bits per heavy atom. The van der Waals surface area contributed by atoms with Crippen LogP contribution in [0.2, 0.25) is 0 Å². The molecule has 4 heteroatoms. The molecule has 0 spiro atoms. The molecule has 0 bridgehead atoms. The molecule has 0 aromatic heterocycles. The van der Waals surface area contributed by atoms with Crippen molar-refractivity contribution in [1.29, 1.82) is 0 Å². The number of aliphatic hydroxyl groups excluding tert-OH is 1. The first-order valence-corrected chi connectivity index (χ1v) is 4.70. The molecule has 1 rings (SSSR count). The molecule has 0 aliphatic carbocycles. The van der Waals surface area contributed by atoms with Gasteiger partial charge in [0.25, 0.3) is 0 Å². The fourth-order valence-corrected chi connectivity index (χ4v) is 1.49. The predicted octanol–water partition coefficient (Wildman–Crippen LogP) is 1.81. The summed E-state index contributed by atoms with van der Waals surface area (Å²) in [5.74, 6) is 0.836. The molecular weight excluding hydrogens is 214 g/mol. The van der Waals surface area contributed by atoms with Crippen LogP contribution >= 0.6 is 12.4 Å². The Labute approximate surface area is 96.7 Å². The average Bonchev–Trinajstić information content (AvgIpc) is 2.17. The van der Waals surface area contributed by atoms with E-state index < -0.39 is 0 Å². The molecular formula is C11H18ClNO2. The predicted molar refractivity (Wildman–Crippen MR) is 63.6 cm³/mol. The van der Waals surface area contributed by atoms with E-state index in [2.05, 4.69) is 0 Å². The standard InChI is InChI=1S/C11H17NO2.ClH/c1-8-7-9(14-2)3-4-10(8)11(12)5-6-13;/h3-4,7,11,13H,5-6,12H2,1-2H3;1H/t11-;/m1./s1.